The van der Waals surface area contributed by atoms with E-state index in [1.54, 1.807) is 11.8 Å². The van der Waals surface area contributed by atoms with Gasteiger partial charge in [-0.05, 0) is 38.5 Å². The molecule has 0 atom stereocenters. The Kier molecular flexibility index (Phi) is 5.08. The van der Waals surface area contributed by atoms with Crippen molar-refractivity contribution in [2.24, 2.45) is 0 Å². The third-order valence-electron chi connectivity index (χ3n) is 4.25. The Morgan fingerprint density at radius 2 is 2.04 bits per heavy atom. The summed E-state index contributed by atoms with van der Waals surface area (Å²) in [6, 6.07) is 7.37. The summed E-state index contributed by atoms with van der Waals surface area (Å²) in [4.78, 5) is 18.8. The Morgan fingerprint density at radius 1 is 1.35 bits per heavy atom. The topological polar surface area (TPSA) is 86.5 Å². The zero-order chi connectivity index (χ0) is 18.8. The molecule has 26 heavy (non-hydrogen) atoms. The number of nitrogens with one attached hydrogen (secondary N) is 1. The van der Waals surface area contributed by atoms with E-state index < -0.39 is 0 Å². The number of benzene rings is 1. The maximum absolute atomic E-state index is 11.6. The smallest absolute Gasteiger partial charge is 0.310 e. The summed E-state index contributed by atoms with van der Waals surface area (Å²) in [5.74, 6) is 0.124. The number of aryl methyl sites for hydroxylation is 2. The Hall–Kier alpha value is -2.67. The molecular weight excluding hydrogens is 350 g/mol. The summed E-state index contributed by atoms with van der Waals surface area (Å²) >= 11 is 1.48. The molecule has 1 aliphatic heterocycles. The maximum atomic E-state index is 11.6. The minimum absolute atomic E-state index is 0.152. The van der Waals surface area contributed by atoms with Gasteiger partial charge in [0.2, 0.25) is 0 Å². The van der Waals surface area contributed by atoms with Gasteiger partial charge in [-0.1, -0.05) is 12.1 Å². The summed E-state index contributed by atoms with van der Waals surface area (Å²) in [6.45, 7) is 6.29. The highest BCUT2D eigenvalue weighted by Crippen LogP contribution is 2.34. The van der Waals surface area contributed by atoms with Crippen molar-refractivity contribution in [1.82, 2.24) is 4.98 Å². The van der Waals surface area contributed by atoms with E-state index in [1.807, 2.05) is 38.1 Å². The molecule has 2 heterocycles. The van der Waals surface area contributed by atoms with Crippen molar-refractivity contribution in [2.75, 3.05) is 18.1 Å². The number of aliphatic hydroxyl groups is 1. The van der Waals surface area contributed by atoms with Crippen molar-refractivity contribution < 1.29 is 14.6 Å². The number of ether oxygens (including phenoxy) is 1. The number of carbonyl (C=O) groups is 1. The Bertz CT molecular complexity index is 864. The fourth-order valence-corrected chi connectivity index (χ4v) is 3.76. The van der Waals surface area contributed by atoms with Crippen LogP contribution in [0.4, 0.5) is 5.69 Å². The first-order chi connectivity index (χ1) is 12.4. The van der Waals surface area contributed by atoms with Gasteiger partial charge >= 0.3 is 5.97 Å². The summed E-state index contributed by atoms with van der Waals surface area (Å²) in [7, 11) is 0. The molecule has 0 fully saturated rings. The minimum atomic E-state index is -0.259. The SMILES string of the molecule is CCOC(=O)Cc1ccc(N2CC(O)=C(c3nc(C)c(C)s3)C2=N)cc1. The fourth-order valence-electron chi connectivity index (χ4n) is 2.78. The lowest BCUT2D eigenvalue weighted by Gasteiger charge is -2.19. The van der Waals surface area contributed by atoms with Gasteiger partial charge in [0.15, 0.2) is 0 Å². The van der Waals surface area contributed by atoms with Crippen LogP contribution in [-0.4, -0.2) is 35.0 Å². The molecule has 0 unspecified atom stereocenters. The second-order valence-electron chi connectivity index (χ2n) is 6.07. The zero-order valence-electron chi connectivity index (χ0n) is 15.0. The molecule has 0 bridgehead atoms. The van der Waals surface area contributed by atoms with Gasteiger partial charge in [-0.2, -0.15) is 0 Å². The number of esters is 1. The number of hydrogen-bond donors (Lipinski definition) is 2. The van der Waals surface area contributed by atoms with E-state index in [2.05, 4.69) is 4.98 Å². The van der Waals surface area contributed by atoms with Crippen LogP contribution in [0.15, 0.2) is 30.0 Å². The summed E-state index contributed by atoms with van der Waals surface area (Å²) in [6.07, 6.45) is 0.220. The van der Waals surface area contributed by atoms with Gasteiger partial charge in [0.25, 0.3) is 0 Å². The third kappa shape index (κ3) is 3.48. The normalized spacial score (nSPS) is 14.3. The lowest BCUT2D eigenvalue weighted by atomic mass is 10.1. The van der Waals surface area contributed by atoms with Gasteiger partial charge in [-0.15, -0.1) is 11.3 Å². The van der Waals surface area contributed by atoms with Gasteiger partial charge in [0.1, 0.15) is 16.6 Å². The molecule has 7 heteroatoms. The van der Waals surface area contributed by atoms with Crippen molar-refractivity contribution in [1.29, 1.82) is 5.41 Å². The lowest BCUT2D eigenvalue weighted by Crippen LogP contribution is -2.26. The van der Waals surface area contributed by atoms with Crippen molar-refractivity contribution in [2.45, 2.75) is 27.2 Å². The standard InChI is InChI=1S/C19H21N3O3S/c1-4-25-16(24)9-13-5-7-14(8-6-13)22-10-15(23)17(18(22)20)19-21-11(2)12(3)26-19/h5-8,20,23H,4,9-10H2,1-3H3. The van der Waals surface area contributed by atoms with Gasteiger partial charge in [0.05, 0.1) is 30.8 Å². The molecule has 0 saturated heterocycles. The molecule has 1 aromatic carbocycles. The molecule has 2 aromatic rings. The highest BCUT2D eigenvalue weighted by Gasteiger charge is 2.31. The first-order valence-corrected chi connectivity index (χ1v) is 9.20. The predicted octanol–water partition coefficient (Wildman–Crippen LogP) is 3.63. The molecule has 0 spiro atoms. The van der Waals surface area contributed by atoms with Crippen LogP contribution in [0.5, 0.6) is 0 Å². The van der Waals surface area contributed by atoms with E-state index in [4.69, 9.17) is 10.1 Å². The quantitative estimate of drug-likeness (QED) is 0.784. The average molecular weight is 371 g/mol. The number of aliphatic hydroxyl groups excluding tert-OH is 1. The Balaban J connectivity index is 1.77. The van der Waals surface area contributed by atoms with Crippen LogP contribution in [0.3, 0.4) is 0 Å². The number of nitrogens with zero attached hydrogens (tertiary/aromatic N) is 2. The van der Waals surface area contributed by atoms with Crippen molar-refractivity contribution in [3.8, 4) is 0 Å². The number of anilines is 1. The molecular formula is C19H21N3O3S. The lowest BCUT2D eigenvalue weighted by molar-refractivity contribution is -0.142. The van der Waals surface area contributed by atoms with Crippen LogP contribution in [0.2, 0.25) is 0 Å². The van der Waals surface area contributed by atoms with Crippen molar-refractivity contribution in [3.63, 3.8) is 0 Å². The average Bonchev–Trinajstić information content (AvgIpc) is 3.07. The molecule has 0 aliphatic carbocycles. The number of carbonyl (C=O) groups excluding carboxylic acids is 1. The van der Waals surface area contributed by atoms with E-state index in [-0.39, 0.29) is 30.5 Å². The van der Waals surface area contributed by atoms with Crippen molar-refractivity contribution in [3.05, 3.63) is 51.2 Å². The summed E-state index contributed by atoms with van der Waals surface area (Å²) < 4.78 is 4.95. The van der Waals surface area contributed by atoms with Gasteiger partial charge < -0.3 is 14.7 Å². The fraction of sp³-hybridized carbons (Fsp3) is 0.316. The van der Waals surface area contributed by atoms with E-state index >= 15 is 0 Å². The molecule has 0 saturated carbocycles. The van der Waals surface area contributed by atoms with E-state index in [9.17, 15) is 9.90 Å². The Morgan fingerprint density at radius 3 is 2.62 bits per heavy atom. The van der Waals surface area contributed by atoms with Crippen molar-refractivity contribution >= 4 is 34.4 Å². The van der Waals surface area contributed by atoms with Crippen LogP contribution in [-0.2, 0) is 16.0 Å². The largest absolute Gasteiger partial charge is 0.510 e. The molecule has 0 radical (unpaired) electrons. The van der Waals surface area contributed by atoms with Crippen LogP contribution in [0, 0.1) is 19.3 Å². The van der Waals surface area contributed by atoms with Gasteiger partial charge in [-0.3, -0.25) is 10.2 Å². The highest BCUT2D eigenvalue weighted by molar-refractivity contribution is 7.13. The second kappa shape index (κ2) is 7.29. The van der Waals surface area contributed by atoms with Crippen LogP contribution in [0.1, 0.15) is 28.1 Å². The molecule has 0 amide bonds. The highest BCUT2D eigenvalue weighted by atomic mass is 32.1. The van der Waals surface area contributed by atoms with E-state index in [0.29, 0.717) is 17.2 Å². The number of aromatic nitrogens is 1. The van der Waals surface area contributed by atoms with E-state index in [1.165, 1.54) is 11.3 Å². The number of thiazole rings is 1. The first-order valence-electron chi connectivity index (χ1n) is 8.38. The molecule has 2 N–H and O–H groups in total. The monoisotopic (exact) mass is 371 g/mol. The molecule has 1 aliphatic rings. The number of rotatable bonds is 5. The van der Waals surface area contributed by atoms with E-state index in [0.717, 1.165) is 21.8 Å². The Labute approximate surface area is 156 Å². The van der Waals surface area contributed by atoms with Crippen LogP contribution in [0.25, 0.3) is 5.57 Å². The predicted molar refractivity (Wildman–Crippen MR) is 103 cm³/mol. The van der Waals surface area contributed by atoms with Crippen LogP contribution < -0.4 is 4.90 Å². The molecule has 6 nitrogen and oxygen atoms in total. The van der Waals surface area contributed by atoms with Gasteiger partial charge in [0, 0.05) is 10.6 Å². The third-order valence-corrected chi connectivity index (χ3v) is 5.34. The van der Waals surface area contributed by atoms with Crippen LogP contribution >= 0.6 is 11.3 Å². The second-order valence-corrected chi connectivity index (χ2v) is 7.27. The summed E-state index contributed by atoms with van der Waals surface area (Å²) in [5, 5.41) is 19.5. The summed E-state index contributed by atoms with van der Waals surface area (Å²) in [5.41, 5.74) is 3.04. The number of hydrogen-bond acceptors (Lipinski definition) is 6. The number of amidine groups is 1. The maximum Gasteiger partial charge on any atom is 0.310 e. The molecule has 3 rings (SSSR count). The van der Waals surface area contributed by atoms with Gasteiger partial charge in [-0.25, -0.2) is 4.98 Å². The first kappa shape index (κ1) is 18.1. The molecule has 136 valence electrons. The minimum Gasteiger partial charge on any atom is -0.510 e. The zero-order valence-corrected chi connectivity index (χ0v) is 15.8. The molecule has 1 aromatic heterocycles.